The molecule has 0 radical (unpaired) electrons. The number of nitrogens with zero attached hydrogens (tertiary/aromatic N) is 1. The van der Waals surface area contributed by atoms with Crippen LogP contribution in [0.3, 0.4) is 0 Å². The minimum absolute atomic E-state index is 0.0739. The molecule has 1 amide bonds. The molecule has 1 aliphatic heterocycles. The molecule has 0 saturated carbocycles. The van der Waals surface area contributed by atoms with Crippen LogP contribution in [0.1, 0.15) is 6.92 Å². The molecule has 4 heteroatoms. The maximum absolute atomic E-state index is 12.0. The van der Waals surface area contributed by atoms with Crippen LogP contribution in [0.25, 0.3) is 0 Å². The van der Waals surface area contributed by atoms with Crippen LogP contribution in [0.2, 0.25) is 0 Å². The first kappa shape index (κ1) is 11.6. The smallest absolute Gasteiger partial charge is 0.241 e. The summed E-state index contributed by atoms with van der Waals surface area (Å²) >= 11 is 5.00. The van der Waals surface area contributed by atoms with Crippen LogP contribution >= 0.6 is 27.7 Å². The molecule has 0 bridgehead atoms. The highest BCUT2D eigenvalue weighted by atomic mass is 79.9. The molecule has 1 aromatic carbocycles. The molecule has 0 aliphatic carbocycles. The average Bonchev–Trinajstić information content (AvgIpc) is 2.24. The van der Waals surface area contributed by atoms with Gasteiger partial charge in [-0.25, -0.2) is 0 Å². The second kappa shape index (κ2) is 4.52. The Morgan fingerprint density at radius 3 is 3.06 bits per heavy atom. The van der Waals surface area contributed by atoms with Crippen molar-refractivity contribution in [2.45, 2.75) is 17.1 Å². The summed E-state index contributed by atoms with van der Waals surface area (Å²) in [6.07, 6.45) is 5.29. The first-order valence-corrected chi connectivity index (χ1v) is 6.52. The lowest BCUT2D eigenvalue weighted by Gasteiger charge is -2.31. The van der Waals surface area contributed by atoms with Crippen LogP contribution in [-0.4, -0.2) is 17.7 Å². The topological polar surface area (TPSA) is 20.3 Å². The van der Waals surface area contributed by atoms with Crippen LogP contribution < -0.4 is 4.90 Å². The lowest BCUT2D eigenvalue weighted by atomic mass is 10.2. The maximum atomic E-state index is 12.0. The number of terminal acetylenes is 1. The number of rotatable bonds is 1. The summed E-state index contributed by atoms with van der Waals surface area (Å²) in [7, 11) is 0. The number of amides is 1. The maximum Gasteiger partial charge on any atom is 0.241 e. The van der Waals surface area contributed by atoms with E-state index in [1.54, 1.807) is 16.7 Å². The third-order valence-electron chi connectivity index (χ3n) is 2.38. The lowest BCUT2D eigenvalue weighted by Crippen LogP contribution is -2.39. The molecule has 16 heavy (non-hydrogen) atoms. The first-order valence-electron chi connectivity index (χ1n) is 4.84. The third-order valence-corrected chi connectivity index (χ3v) is 4.01. The van der Waals surface area contributed by atoms with Gasteiger partial charge >= 0.3 is 0 Å². The van der Waals surface area contributed by atoms with Gasteiger partial charge in [0.15, 0.2) is 0 Å². The minimum atomic E-state index is -0.0739. The number of fused-ring (bicyclic) bond motifs is 1. The van der Waals surface area contributed by atoms with Crippen molar-refractivity contribution in [2.75, 3.05) is 11.4 Å². The summed E-state index contributed by atoms with van der Waals surface area (Å²) in [5.41, 5.74) is 0.911. The average molecular weight is 296 g/mol. The van der Waals surface area contributed by atoms with Gasteiger partial charge in [-0.3, -0.25) is 9.69 Å². The van der Waals surface area contributed by atoms with Crippen molar-refractivity contribution in [3.63, 3.8) is 0 Å². The monoisotopic (exact) mass is 295 g/mol. The summed E-state index contributed by atoms with van der Waals surface area (Å²) in [6.45, 7) is 2.23. The van der Waals surface area contributed by atoms with E-state index in [4.69, 9.17) is 6.42 Å². The van der Waals surface area contributed by atoms with Crippen LogP contribution in [0.15, 0.2) is 27.6 Å². The summed E-state index contributed by atoms with van der Waals surface area (Å²) in [6, 6.07) is 5.87. The van der Waals surface area contributed by atoms with Gasteiger partial charge in [0.2, 0.25) is 5.91 Å². The Morgan fingerprint density at radius 1 is 1.62 bits per heavy atom. The normalized spacial score (nSPS) is 19.2. The molecule has 2 rings (SSSR count). The minimum Gasteiger partial charge on any atom is -0.299 e. The van der Waals surface area contributed by atoms with Gasteiger partial charge in [-0.15, -0.1) is 18.2 Å². The zero-order valence-electron chi connectivity index (χ0n) is 8.74. The molecular weight excluding hydrogens is 286 g/mol. The molecule has 82 valence electrons. The first-order chi connectivity index (χ1) is 7.63. The van der Waals surface area contributed by atoms with Crippen LogP contribution in [0.4, 0.5) is 5.69 Å². The van der Waals surface area contributed by atoms with E-state index in [0.717, 1.165) is 15.1 Å². The zero-order valence-corrected chi connectivity index (χ0v) is 11.1. The number of hydrogen-bond acceptors (Lipinski definition) is 2. The molecule has 0 aromatic heterocycles. The molecule has 1 heterocycles. The van der Waals surface area contributed by atoms with E-state index < -0.39 is 0 Å². The highest BCUT2D eigenvalue weighted by Crippen LogP contribution is 2.40. The van der Waals surface area contributed by atoms with Crippen LogP contribution in [0, 0.1) is 12.3 Å². The number of anilines is 1. The number of carbonyl (C=O) groups is 1. The van der Waals surface area contributed by atoms with Gasteiger partial charge in [-0.2, -0.15) is 0 Å². The van der Waals surface area contributed by atoms with Crippen molar-refractivity contribution in [3.8, 4) is 12.3 Å². The summed E-state index contributed by atoms with van der Waals surface area (Å²) in [5.74, 6) is 2.61. The Bertz CT molecular complexity index is 480. The fraction of sp³-hybridized carbons (Fsp3) is 0.250. The fourth-order valence-corrected chi connectivity index (χ4v) is 3.25. The van der Waals surface area contributed by atoms with Gasteiger partial charge in [0.05, 0.1) is 17.5 Å². The molecule has 1 aliphatic rings. The number of carbonyl (C=O) groups excluding carboxylic acids is 1. The van der Waals surface area contributed by atoms with Crippen molar-refractivity contribution in [3.05, 3.63) is 22.7 Å². The lowest BCUT2D eigenvalue weighted by molar-refractivity contribution is -0.117. The van der Waals surface area contributed by atoms with Crippen molar-refractivity contribution in [2.24, 2.45) is 0 Å². The molecule has 0 spiro atoms. The third kappa shape index (κ3) is 1.98. The van der Waals surface area contributed by atoms with Gasteiger partial charge in [-0.05, 0) is 25.1 Å². The Labute approximate surface area is 108 Å². The highest BCUT2D eigenvalue weighted by Gasteiger charge is 2.29. The van der Waals surface area contributed by atoms with Crippen molar-refractivity contribution < 1.29 is 4.79 Å². The van der Waals surface area contributed by atoms with Crippen molar-refractivity contribution >= 4 is 39.3 Å². The van der Waals surface area contributed by atoms with E-state index in [1.165, 1.54) is 0 Å². The van der Waals surface area contributed by atoms with Crippen molar-refractivity contribution in [1.29, 1.82) is 0 Å². The van der Waals surface area contributed by atoms with Gasteiger partial charge in [0.25, 0.3) is 0 Å². The van der Waals surface area contributed by atoms with Crippen LogP contribution in [-0.2, 0) is 4.79 Å². The Kier molecular flexibility index (Phi) is 3.27. The van der Waals surface area contributed by atoms with Gasteiger partial charge in [-0.1, -0.05) is 21.9 Å². The van der Waals surface area contributed by atoms with E-state index in [1.807, 2.05) is 25.1 Å². The predicted octanol–water partition coefficient (Wildman–Crippen LogP) is 2.91. The standard InChI is InChI=1S/C12H10BrNOS/c1-3-6-14-10-5-4-9(13)7-11(10)16-8(2)12(14)15/h1,4-5,7-8H,6H2,2H3. The molecule has 0 N–H and O–H groups in total. The largest absolute Gasteiger partial charge is 0.299 e. The van der Waals surface area contributed by atoms with Gasteiger partial charge in [0.1, 0.15) is 0 Å². The highest BCUT2D eigenvalue weighted by molar-refractivity contribution is 9.10. The van der Waals surface area contributed by atoms with E-state index in [0.29, 0.717) is 6.54 Å². The van der Waals surface area contributed by atoms with E-state index in [-0.39, 0.29) is 11.2 Å². The van der Waals surface area contributed by atoms with E-state index in [9.17, 15) is 4.79 Å². The number of thioether (sulfide) groups is 1. The Hall–Kier alpha value is -0.920. The van der Waals surface area contributed by atoms with Gasteiger partial charge < -0.3 is 0 Å². The van der Waals surface area contributed by atoms with E-state index in [2.05, 4.69) is 21.9 Å². The summed E-state index contributed by atoms with van der Waals surface area (Å²) < 4.78 is 1.01. The molecule has 0 saturated heterocycles. The number of benzene rings is 1. The fourth-order valence-electron chi connectivity index (χ4n) is 1.64. The molecule has 2 nitrogen and oxygen atoms in total. The molecule has 1 atom stereocenters. The van der Waals surface area contributed by atoms with E-state index >= 15 is 0 Å². The second-order valence-corrected chi connectivity index (χ2v) is 5.80. The van der Waals surface area contributed by atoms with Crippen LogP contribution in [0.5, 0.6) is 0 Å². The SMILES string of the molecule is C#CCN1C(=O)C(C)Sc2cc(Br)ccc21. The Balaban J connectivity index is 2.48. The zero-order chi connectivity index (χ0) is 11.7. The van der Waals surface area contributed by atoms with Crippen molar-refractivity contribution in [1.82, 2.24) is 0 Å². The number of halogens is 1. The Morgan fingerprint density at radius 2 is 2.38 bits per heavy atom. The summed E-state index contributed by atoms with van der Waals surface area (Å²) in [5, 5.41) is -0.0739. The molecule has 0 fully saturated rings. The predicted molar refractivity (Wildman–Crippen MR) is 70.6 cm³/mol. The van der Waals surface area contributed by atoms with Gasteiger partial charge in [0, 0.05) is 9.37 Å². The molecular formula is C12H10BrNOS. The quantitative estimate of drug-likeness (QED) is 0.743. The second-order valence-electron chi connectivity index (χ2n) is 3.50. The molecule has 1 unspecified atom stereocenters. The summed E-state index contributed by atoms with van der Waals surface area (Å²) in [4.78, 5) is 14.7. The molecule has 1 aromatic rings. The number of hydrogen-bond donors (Lipinski definition) is 0.